The number of benzene rings is 1. The Morgan fingerprint density at radius 3 is 1.76 bits per heavy atom. The minimum atomic E-state index is -0.923. The third kappa shape index (κ3) is 17.1. The van der Waals surface area contributed by atoms with Gasteiger partial charge in [0.1, 0.15) is 5.75 Å². The molecule has 0 saturated heterocycles. The second-order valence-corrected chi connectivity index (χ2v) is 9.55. The van der Waals surface area contributed by atoms with E-state index in [1.54, 1.807) is 24.3 Å². The van der Waals surface area contributed by atoms with Gasteiger partial charge in [-0.3, -0.25) is 9.59 Å². The normalized spacial score (nSPS) is 11.0. The average Bonchev–Trinajstić information content (AvgIpc) is 2.78. The number of hydrogen-bond acceptors (Lipinski definition) is 3. The molecule has 0 aliphatic heterocycles. The Labute approximate surface area is 201 Å². The summed E-state index contributed by atoms with van der Waals surface area (Å²) in [5.41, 5.74) is 0.509. The zero-order valence-electron chi connectivity index (χ0n) is 21.1. The maximum Gasteiger partial charge on any atom is 0.305 e. The minimum Gasteiger partial charge on any atom is -0.494 e. The minimum absolute atomic E-state index is 0.0777. The lowest BCUT2D eigenvalue weighted by Gasteiger charge is -2.08. The van der Waals surface area contributed by atoms with Crippen molar-refractivity contribution in [3.8, 4) is 5.75 Å². The van der Waals surface area contributed by atoms with Crippen molar-refractivity contribution in [2.24, 2.45) is 5.92 Å². The van der Waals surface area contributed by atoms with Crippen LogP contribution >= 0.6 is 0 Å². The van der Waals surface area contributed by atoms with E-state index in [0.29, 0.717) is 12.2 Å². The number of carboxylic acids is 1. The van der Waals surface area contributed by atoms with Crippen molar-refractivity contribution < 1.29 is 19.4 Å². The predicted molar refractivity (Wildman–Crippen MR) is 136 cm³/mol. The van der Waals surface area contributed by atoms with E-state index in [9.17, 15) is 9.59 Å². The lowest BCUT2D eigenvalue weighted by molar-refractivity contribution is -0.136. The third-order valence-corrected chi connectivity index (χ3v) is 5.94. The van der Waals surface area contributed by atoms with Gasteiger partial charge in [-0.15, -0.1) is 0 Å². The molecule has 0 spiro atoms. The number of hydrogen-bond donors (Lipinski definition) is 2. The summed E-state index contributed by atoms with van der Waals surface area (Å²) in [5, 5.41) is 11.2. The van der Waals surface area contributed by atoms with Gasteiger partial charge in [-0.1, -0.05) is 97.3 Å². The summed E-state index contributed by atoms with van der Waals surface area (Å²) < 4.78 is 5.76. The van der Waals surface area contributed by atoms with Crippen molar-refractivity contribution in [1.82, 2.24) is 5.32 Å². The fourth-order valence-corrected chi connectivity index (χ4v) is 3.88. The van der Waals surface area contributed by atoms with Crippen LogP contribution in [-0.2, 0) is 4.79 Å². The lowest BCUT2D eigenvalue weighted by atomic mass is 10.0. The zero-order valence-corrected chi connectivity index (χ0v) is 21.1. The van der Waals surface area contributed by atoms with Crippen LogP contribution in [0.5, 0.6) is 5.75 Å². The highest BCUT2D eigenvalue weighted by atomic mass is 16.5. The summed E-state index contributed by atoms with van der Waals surface area (Å²) in [5.74, 6) is 0.431. The molecule has 0 saturated carbocycles. The van der Waals surface area contributed by atoms with Crippen molar-refractivity contribution >= 4 is 11.9 Å². The molecule has 1 amide bonds. The van der Waals surface area contributed by atoms with Crippen LogP contribution in [0.4, 0.5) is 0 Å². The molecule has 0 fully saturated rings. The van der Waals surface area contributed by atoms with Crippen LogP contribution < -0.4 is 10.1 Å². The lowest BCUT2D eigenvalue weighted by Crippen LogP contribution is -2.25. The van der Waals surface area contributed by atoms with E-state index < -0.39 is 5.97 Å². The molecule has 0 atom stereocenters. The van der Waals surface area contributed by atoms with Gasteiger partial charge in [0.2, 0.25) is 0 Å². The number of unbranched alkanes of at least 4 members (excludes halogenated alkanes) is 12. The zero-order chi connectivity index (χ0) is 24.2. The first-order valence-electron chi connectivity index (χ1n) is 13.2. The molecule has 1 rings (SSSR count). The molecular formula is C28H47NO4. The van der Waals surface area contributed by atoms with Gasteiger partial charge in [0.05, 0.1) is 13.0 Å². The van der Waals surface area contributed by atoms with E-state index in [1.807, 2.05) is 0 Å². The van der Waals surface area contributed by atoms with Gasteiger partial charge in [-0.25, -0.2) is 0 Å². The molecular weight excluding hydrogens is 414 g/mol. The van der Waals surface area contributed by atoms with Crippen molar-refractivity contribution in [3.63, 3.8) is 0 Å². The molecule has 1 aromatic carbocycles. The number of rotatable bonds is 21. The standard InChI is InChI=1S/C28H47NO4/c1-24(2)16-14-12-10-8-6-4-3-5-7-9-11-13-15-23-33-26-19-17-25(18-20-26)28(32)29-22-21-27(30)31/h17-20,24H,3-16,21-23H2,1-2H3,(H,29,32)(H,30,31). The first-order valence-corrected chi connectivity index (χ1v) is 13.2. The van der Waals surface area contributed by atoms with Crippen molar-refractivity contribution in [3.05, 3.63) is 29.8 Å². The topological polar surface area (TPSA) is 75.6 Å². The number of amides is 1. The highest BCUT2D eigenvalue weighted by molar-refractivity contribution is 5.94. The first kappa shape index (κ1) is 29.0. The summed E-state index contributed by atoms with van der Waals surface area (Å²) in [4.78, 5) is 22.4. The number of carbonyl (C=O) groups excluding carboxylic acids is 1. The molecule has 5 heteroatoms. The molecule has 0 aliphatic rings. The van der Waals surface area contributed by atoms with E-state index in [2.05, 4.69) is 19.2 Å². The van der Waals surface area contributed by atoms with E-state index in [1.165, 1.54) is 83.5 Å². The fraction of sp³-hybridized carbons (Fsp3) is 0.714. The van der Waals surface area contributed by atoms with Gasteiger partial charge in [-0.05, 0) is 36.6 Å². The van der Waals surface area contributed by atoms with Gasteiger partial charge in [0.25, 0.3) is 5.91 Å². The van der Waals surface area contributed by atoms with Crippen LogP contribution in [-0.4, -0.2) is 30.1 Å². The van der Waals surface area contributed by atoms with Crippen molar-refractivity contribution in [1.29, 1.82) is 0 Å². The highest BCUT2D eigenvalue weighted by Gasteiger charge is 2.06. The number of ether oxygens (including phenoxy) is 1. The maximum absolute atomic E-state index is 11.9. The first-order chi connectivity index (χ1) is 16.0. The van der Waals surface area contributed by atoms with Gasteiger partial charge < -0.3 is 15.2 Å². The maximum atomic E-state index is 11.9. The molecule has 1 aromatic rings. The molecule has 0 radical (unpaired) electrons. The van der Waals surface area contributed by atoms with Gasteiger partial charge in [0.15, 0.2) is 0 Å². The average molecular weight is 462 g/mol. The molecule has 0 unspecified atom stereocenters. The van der Waals surface area contributed by atoms with Crippen LogP contribution in [0.15, 0.2) is 24.3 Å². The second kappa shape index (κ2) is 19.4. The highest BCUT2D eigenvalue weighted by Crippen LogP contribution is 2.15. The van der Waals surface area contributed by atoms with Crippen LogP contribution in [0, 0.1) is 5.92 Å². The van der Waals surface area contributed by atoms with Crippen LogP contribution in [0.25, 0.3) is 0 Å². The van der Waals surface area contributed by atoms with E-state index in [0.717, 1.165) is 18.1 Å². The molecule has 0 bridgehead atoms. The summed E-state index contributed by atoms with van der Waals surface area (Å²) in [6.45, 7) is 5.45. The van der Waals surface area contributed by atoms with Crippen molar-refractivity contribution in [2.75, 3.05) is 13.2 Å². The van der Waals surface area contributed by atoms with Gasteiger partial charge in [0, 0.05) is 12.1 Å². The smallest absolute Gasteiger partial charge is 0.305 e. The Morgan fingerprint density at radius 1 is 0.788 bits per heavy atom. The molecule has 0 heterocycles. The molecule has 0 aliphatic carbocycles. The summed E-state index contributed by atoms with van der Waals surface area (Å²) in [7, 11) is 0. The van der Waals surface area contributed by atoms with E-state index in [4.69, 9.17) is 9.84 Å². The molecule has 5 nitrogen and oxygen atoms in total. The molecule has 188 valence electrons. The summed E-state index contributed by atoms with van der Waals surface area (Å²) >= 11 is 0. The van der Waals surface area contributed by atoms with Crippen LogP contribution in [0.3, 0.4) is 0 Å². The predicted octanol–water partition coefficient (Wildman–Crippen LogP) is 7.39. The monoisotopic (exact) mass is 461 g/mol. The van der Waals surface area contributed by atoms with E-state index in [-0.39, 0.29) is 18.9 Å². The van der Waals surface area contributed by atoms with Crippen LogP contribution in [0.2, 0.25) is 0 Å². The molecule has 33 heavy (non-hydrogen) atoms. The Hall–Kier alpha value is -2.04. The Morgan fingerprint density at radius 2 is 1.27 bits per heavy atom. The number of nitrogens with one attached hydrogen (secondary N) is 1. The molecule has 2 N–H and O–H groups in total. The summed E-state index contributed by atoms with van der Waals surface area (Å²) in [6, 6.07) is 6.99. The third-order valence-electron chi connectivity index (χ3n) is 5.94. The fourth-order valence-electron chi connectivity index (χ4n) is 3.88. The Bertz CT molecular complexity index is 627. The van der Waals surface area contributed by atoms with Crippen LogP contribution in [0.1, 0.15) is 121 Å². The van der Waals surface area contributed by atoms with Gasteiger partial charge in [-0.2, -0.15) is 0 Å². The number of aliphatic carboxylic acids is 1. The SMILES string of the molecule is CC(C)CCCCCCCCCCCCCCCOc1ccc(C(=O)NCCC(=O)O)cc1. The summed E-state index contributed by atoms with van der Waals surface area (Å²) in [6.07, 6.45) is 18.7. The Balaban J connectivity index is 1.90. The van der Waals surface area contributed by atoms with E-state index >= 15 is 0 Å². The van der Waals surface area contributed by atoms with Gasteiger partial charge >= 0.3 is 5.97 Å². The quantitative estimate of drug-likeness (QED) is 0.187. The second-order valence-electron chi connectivity index (χ2n) is 9.55. The number of carboxylic acid groups (broad SMARTS) is 1. The van der Waals surface area contributed by atoms with Crippen molar-refractivity contribution in [2.45, 2.75) is 110 Å². The Kier molecular flexibility index (Phi) is 17.1. The molecule has 0 aromatic heterocycles. The largest absolute Gasteiger partial charge is 0.494 e. The number of carbonyl (C=O) groups is 2.